The quantitative estimate of drug-likeness (QED) is 0.508. The summed E-state index contributed by atoms with van der Waals surface area (Å²) in [5.74, 6) is -3.00. The molecule has 2 N–H and O–H groups in total. The minimum absolute atomic E-state index is 0.00324. The van der Waals surface area contributed by atoms with E-state index in [9.17, 15) is 26.4 Å². The van der Waals surface area contributed by atoms with Gasteiger partial charge in [0.1, 0.15) is 28.4 Å². The van der Waals surface area contributed by atoms with Crippen molar-refractivity contribution in [2.24, 2.45) is 0 Å². The van der Waals surface area contributed by atoms with E-state index in [-0.39, 0.29) is 40.4 Å². The number of rotatable bonds is 7. The third kappa shape index (κ3) is 5.07. The molecule has 0 spiro atoms. The molecule has 0 aliphatic heterocycles. The first-order valence-electron chi connectivity index (χ1n) is 9.87. The Morgan fingerprint density at radius 2 is 1.70 bits per heavy atom. The van der Waals surface area contributed by atoms with Gasteiger partial charge in [0.15, 0.2) is 9.84 Å². The Hall–Kier alpha value is -3.24. The van der Waals surface area contributed by atoms with Crippen LogP contribution in [0.3, 0.4) is 0 Å². The van der Waals surface area contributed by atoms with Gasteiger partial charge in [-0.2, -0.15) is 0 Å². The number of carbonyl (C=O) groups is 1. The minimum Gasteiger partial charge on any atom is -0.395 e. The first-order chi connectivity index (χ1) is 15.6. The Balaban J connectivity index is 2.21. The molecule has 2 aromatic carbocycles. The van der Waals surface area contributed by atoms with Crippen LogP contribution in [0.5, 0.6) is 0 Å². The highest BCUT2D eigenvalue weighted by Gasteiger charge is 2.35. The summed E-state index contributed by atoms with van der Waals surface area (Å²) in [7, 11) is -4.40. The maximum absolute atomic E-state index is 14.8. The molecular weight excluding hydrogens is 457 g/mol. The smallest absolute Gasteiger partial charge is 0.269 e. The second-order valence-electron chi connectivity index (χ2n) is 7.41. The van der Waals surface area contributed by atoms with Crippen molar-refractivity contribution >= 4 is 15.7 Å². The number of halogens is 3. The lowest BCUT2D eigenvalue weighted by Crippen LogP contribution is -2.27. The molecule has 0 aliphatic rings. The number of nitrogens with zero attached hydrogens (tertiary/aromatic N) is 1. The van der Waals surface area contributed by atoms with Crippen molar-refractivity contribution in [3.05, 3.63) is 94.1 Å². The number of nitrogens with one attached hydrogen (secondary N) is 1. The third-order valence-electron chi connectivity index (χ3n) is 5.07. The predicted octanol–water partition coefficient (Wildman–Crippen LogP) is 3.40. The minimum atomic E-state index is -4.40. The summed E-state index contributed by atoms with van der Waals surface area (Å²) >= 11 is 0. The summed E-state index contributed by atoms with van der Waals surface area (Å²) in [6.07, 6.45) is 1.12. The molecule has 1 amide bonds. The van der Waals surface area contributed by atoms with Crippen molar-refractivity contribution in [2.75, 3.05) is 13.2 Å². The Morgan fingerprint density at radius 1 is 1.00 bits per heavy atom. The maximum atomic E-state index is 14.8. The molecule has 0 radical (unpaired) electrons. The van der Waals surface area contributed by atoms with Crippen molar-refractivity contribution in [2.45, 2.75) is 24.0 Å². The lowest BCUT2D eigenvalue weighted by Gasteiger charge is -2.22. The molecule has 0 fully saturated rings. The molecule has 33 heavy (non-hydrogen) atoms. The summed E-state index contributed by atoms with van der Waals surface area (Å²) in [5, 5.41) is 9.57. The predicted molar refractivity (Wildman–Crippen MR) is 115 cm³/mol. The van der Waals surface area contributed by atoms with Gasteiger partial charge in [0, 0.05) is 18.3 Å². The molecule has 1 aromatic heterocycles. The van der Waals surface area contributed by atoms with Crippen LogP contribution in [-0.4, -0.2) is 37.6 Å². The molecule has 0 aliphatic carbocycles. The van der Waals surface area contributed by atoms with Crippen LogP contribution in [0.25, 0.3) is 0 Å². The Labute approximate surface area is 189 Å². The number of aryl methyl sites for hydroxylation is 2. The normalized spacial score (nSPS) is 12.4. The second-order valence-corrected chi connectivity index (χ2v) is 9.44. The maximum Gasteiger partial charge on any atom is 0.269 e. The molecule has 0 saturated carbocycles. The van der Waals surface area contributed by atoms with Gasteiger partial charge in [0.2, 0.25) is 0 Å². The van der Waals surface area contributed by atoms with E-state index in [4.69, 9.17) is 5.11 Å². The highest BCUT2D eigenvalue weighted by molar-refractivity contribution is 7.92. The lowest BCUT2D eigenvalue weighted by molar-refractivity contribution is 0.0939. The highest BCUT2D eigenvalue weighted by atomic mass is 32.2. The van der Waals surface area contributed by atoms with Gasteiger partial charge in [-0.1, -0.05) is 0 Å². The fourth-order valence-corrected chi connectivity index (χ4v) is 5.34. The van der Waals surface area contributed by atoms with Crippen molar-refractivity contribution in [3.63, 3.8) is 0 Å². The molecule has 0 saturated heterocycles. The fourth-order valence-electron chi connectivity index (χ4n) is 3.37. The zero-order valence-electron chi connectivity index (χ0n) is 17.8. The summed E-state index contributed by atoms with van der Waals surface area (Å²) in [4.78, 5) is 15.9. The molecule has 10 heteroatoms. The van der Waals surface area contributed by atoms with Crippen molar-refractivity contribution in [1.82, 2.24) is 10.3 Å². The van der Waals surface area contributed by atoms with Crippen LogP contribution in [0, 0.1) is 31.3 Å². The average molecular weight is 478 g/mol. The van der Waals surface area contributed by atoms with Gasteiger partial charge in [0.05, 0.1) is 11.5 Å². The largest absolute Gasteiger partial charge is 0.395 e. The van der Waals surface area contributed by atoms with Crippen LogP contribution < -0.4 is 5.32 Å². The van der Waals surface area contributed by atoms with Crippen LogP contribution in [-0.2, 0) is 9.84 Å². The van der Waals surface area contributed by atoms with E-state index >= 15 is 0 Å². The number of amides is 1. The van der Waals surface area contributed by atoms with Crippen LogP contribution in [0.2, 0.25) is 0 Å². The number of pyridine rings is 1. The molecule has 174 valence electrons. The standard InChI is InChI=1S/C23H21F3N2O4S/c1-13-10-21(23(30)27-7-8-29)28-12-18(13)22(17-11-15(24)3-5-20(17)26)33(31,32)16-4-6-19(25)14(2)9-16/h3-6,9-12,22,29H,7-8H2,1-2H3,(H,27,30). The number of carbonyl (C=O) groups excluding carboxylic acids is 1. The van der Waals surface area contributed by atoms with Crippen LogP contribution in [0.15, 0.2) is 53.6 Å². The second kappa shape index (κ2) is 9.72. The zero-order valence-corrected chi connectivity index (χ0v) is 18.6. The van der Waals surface area contributed by atoms with Gasteiger partial charge < -0.3 is 10.4 Å². The average Bonchev–Trinajstić information content (AvgIpc) is 2.77. The summed E-state index contributed by atoms with van der Waals surface area (Å²) in [5.41, 5.74) is -0.103. The Morgan fingerprint density at radius 3 is 2.33 bits per heavy atom. The SMILES string of the molecule is Cc1cc(S(=O)(=O)C(c2cnc(C(=O)NCCO)cc2C)c2cc(F)ccc2F)ccc1F. The fraction of sp³-hybridized carbons (Fsp3) is 0.217. The van der Waals surface area contributed by atoms with E-state index in [1.165, 1.54) is 19.9 Å². The molecule has 1 unspecified atom stereocenters. The number of hydrogen-bond acceptors (Lipinski definition) is 5. The third-order valence-corrected chi connectivity index (χ3v) is 7.11. The monoisotopic (exact) mass is 478 g/mol. The van der Waals surface area contributed by atoms with Gasteiger partial charge >= 0.3 is 0 Å². The zero-order chi connectivity index (χ0) is 24.3. The molecule has 1 heterocycles. The van der Waals surface area contributed by atoms with Crippen LogP contribution in [0.1, 0.15) is 38.0 Å². The Kier molecular flexibility index (Phi) is 7.19. The van der Waals surface area contributed by atoms with Gasteiger partial charge in [0.25, 0.3) is 5.91 Å². The van der Waals surface area contributed by atoms with Crippen LogP contribution in [0.4, 0.5) is 13.2 Å². The Bertz CT molecular complexity index is 1310. The van der Waals surface area contributed by atoms with Gasteiger partial charge in [-0.05, 0) is 73.0 Å². The number of aromatic nitrogens is 1. The van der Waals surface area contributed by atoms with Crippen molar-refractivity contribution in [1.29, 1.82) is 0 Å². The molecule has 0 bridgehead atoms. The van der Waals surface area contributed by atoms with Gasteiger partial charge in [-0.3, -0.25) is 9.78 Å². The van der Waals surface area contributed by atoms with Crippen molar-refractivity contribution < 1.29 is 31.5 Å². The van der Waals surface area contributed by atoms with E-state index in [1.54, 1.807) is 0 Å². The van der Waals surface area contributed by atoms with E-state index in [1.807, 2.05) is 0 Å². The van der Waals surface area contributed by atoms with E-state index < -0.39 is 44.0 Å². The first kappa shape index (κ1) is 24.4. The lowest BCUT2D eigenvalue weighted by atomic mass is 10.0. The van der Waals surface area contributed by atoms with Gasteiger partial charge in [-0.15, -0.1) is 0 Å². The summed E-state index contributed by atoms with van der Waals surface area (Å²) in [6, 6.07) is 6.95. The van der Waals surface area contributed by atoms with Crippen molar-refractivity contribution in [3.8, 4) is 0 Å². The number of aliphatic hydroxyl groups is 1. The molecule has 6 nitrogen and oxygen atoms in total. The van der Waals surface area contributed by atoms with Gasteiger partial charge in [-0.25, -0.2) is 21.6 Å². The van der Waals surface area contributed by atoms with E-state index in [0.717, 1.165) is 42.6 Å². The van der Waals surface area contributed by atoms with E-state index in [2.05, 4.69) is 10.3 Å². The topological polar surface area (TPSA) is 96.4 Å². The van der Waals surface area contributed by atoms with E-state index in [0.29, 0.717) is 0 Å². The number of hydrogen-bond donors (Lipinski definition) is 2. The van der Waals surface area contributed by atoms with Crippen LogP contribution >= 0.6 is 0 Å². The molecular formula is C23H21F3N2O4S. The highest BCUT2D eigenvalue weighted by Crippen LogP contribution is 2.38. The number of aliphatic hydroxyl groups excluding tert-OH is 1. The summed E-state index contributed by atoms with van der Waals surface area (Å²) in [6.45, 7) is 2.62. The summed E-state index contributed by atoms with van der Waals surface area (Å²) < 4.78 is 69.8. The molecule has 3 aromatic rings. The number of benzene rings is 2. The molecule has 3 rings (SSSR count). The first-order valence-corrected chi connectivity index (χ1v) is 11.4. The molecule has 1 atom stereocenters. The number of sulfone groups is 1.